The Hall–Kier alpha value is -2.56. The van der Waals surface area contributed by atoms with Crippen molar-refractivity contribution in [2.75, 3.05) is 13.2 Å². The Bertz CT molecular complexity index is 615. The van der Waals surface area contributed by atoms with Gasteiger partial charge in [0.15, 0.2) is 0 Å². The first-order valence-corrected chi connectivity index (χ1v) is 7.26. The van der Waals surface area contributed by atoms with Crippen molar-refractivity contribution in [1.82, 2.24) is 15.6 Å². The summed E-state index contributed by atoms with van der Waals surface area (Å²) in [6.45, 7) is 5.42. The molecule has 2 amide bonds. The van der Waals surface area contributed by atoms with Crippen molar-refractivity contribution >= 4 is 6.03 Å². The topological polar surface area (TPSA) is 63.2 Å². The van der Waals surface area contributed by atoms with Crippen molar-refractivity contribution in [1.29, 1.82) is 0 Å². The Balaban J connectivity index is 1.66. The maximum atomic E-state index is 11.7. The third-order valence-electron chi connectivity index (χ3n) is 3.38. The van der Waals surface area contributed by atoms with E-state index in [2.05, 4.69) is 15.6 Å². The number of rotatable bonds is 6. The zero-order valence-corrected chi connectivity index (χ0v) is 12.9. The number of amides is 2. The van der Waals surface area contributed by atoms with E-state index >= 15 is 0 Å². The zero-order valence-electron chi connectivity index (χ0n) is 12.9. The molecule has 0 aliphatic rings. The molecule has 2 N–H and O–H groups in total. The number of ether oxygens (including phenoxy) is 1. The zero-order chi connectivity index (χ0) is 15.8. The fourth-order valence-corrected chi connectivity index (χ4v) is 1.95. The average molecular weight is 299 g/mol. The molecule has 1 aromatic carbocycles. The van der Waals surface area contributed by atoms with E-state index in [4.69, 9.17) is 4.74 Å². The van der Waals surface area contributed by atoms with Gasteiger partial charge < -0.3 is 15.4 Å². The number of urea groups is 1. The highest BCUT2D eigenvalue weighted by atomic mass is 16.5. The van der Waals surface area contributed by atoms with Crippen LogP contribution in [0.5, 0.6) is 5.75 Å². The normalized spacial score (nSPS) is 10.1. The highest BCUT2D eigenvalue weighted by molar-refractivity contribution is 5.73. The van der Waals surface area contributed by atoms with Crippen molar-refractivity contribution in [3.8, 4) is 5.75 Å². The number of nitrogens with one attached hydrogen (secondary N) is 2. The molecule has 0 unspecified atom stereocenters. The highest BCUT2D eigenvalue weighted by Gasteiger charge is 2.03. The van der Waals surface area contributed by atoms with Gasteiger partial charge in [0.25, 0.3) is 0 Å². The molecule has 116 valence electrons. The van der Waals surface area contributed by atoms with Crippen molar-refractivity contribution in [2.45, 2.75) is 20.4 Å². The van der Waals surface area contributed by atoms with Crippen LogP contribution in [0.15, 0.2) is 42.7 Å². The van der Waals surface area contributed by atoms with Gasteiger partial charge in [-0.15, -0.1) is 0 Å². The summed E-state index contributed by atoms with van der Waals surface area (Å²) in [5.41, 5.74) is 3.28. The summed E-state index contributed by atoms with van der Waals surface area (Å²) in [5, 5.41) is 5.53. The third-order valence-corrected chi connectivity index (χ3v) is 3.38. The monoisotopic (exact) mass is 299 g/mol. The van der Waals surface area contributed by atoms with Gasteiger partial charge in [-0.1, -0.05) is 18.2 Å². The van der Waals surface area contributed by atoms with Gasteiger partial charge in [0.05, 0.1) is 6.54 Å². The van der Waals surface area contributed by atoms with Crippen LogP contribution in [0, 0.1) is 13.8 Å². The summed E-state index contributed by atoms with van der Waals surface area (Å²) in [6.07, 6.45) is 3.43. The van der Waals surface area contributed by atoms with Gasteiger partial charge in [0.1, 0.15) is 12.4 Å². The second kappa shape index (κ2) is 8.02. The molecule has 0 aliphatic carbocycles. The average Bonchev–Trinajstić information content (AvgIpc) is 2.54. The van der Waals surface area contributed by atoms with Gasteiger partial charge in [-0.25, -0.2) is 4.79 Å². The minimum Gasteiger partial charge on any atom is -0.491 e. The lowest BCUT2D eigenvalue weighted by Gasteiger charge is -2.11. The highest BCUT2D eigenvalue weighted by Crippen LogP contribution is 2.20. The standard InChI is InChI=1S/C17H21N3O2/c1-13-5-3-7-16(14(13)2)22-10-9-19-17(21)20-12-15-6-4-8-18-11-15/h3-8,11H,9-10,12H2,1-2H3,(H2,19,20,21). The van der Waals surface area contributed by atoms with Crippen LogP contribution in [-0.4, -0.2) is 24.2 Å². The molecule has 5 heteroatoms. The fraction of sp³-hybridized carbons (Fsp3) is 0.294. The molecule has 0 fully saturated rings. The lowest BCUT2D eigenvalue weighted by atomic mass is 10.1. The molecule has 1 aromatic heterocycles. The Labute approximate surface area is 130 Å². The molecule has 2 aromatic rings. The summed E-state index contributed by atoms with van der Waals surface area (Å²) in [7, 11) is 0. The summed E-state index contributed by atoms with van der Waals surface area (Å²) in [6, 6.07) is 9.49. The molecule has 1 heterocycles. The van der Waals surface area contributed by atoms with Crippen LogP contribution in [-0.2, 0) is 6.54 Å². The predicted molar refractivity (Wildman–Crippen MR) is 85.9 cm³/mol. The van der Waals surface area contributed by atoms with E-state index in [0.29, 0.717) is 19.7 Å². The quantitative estimate of drug-likeness (QED) is 0.806. The van der Waals surface area contributed by atoms with Gasteiger partial charge in [-0.2, -0.15) is 0 Å². The second-order valence-corrected chi connectivity index (χ2v) is 5.02. The summed E-state index contributed by atoms with van der Waals surface area (Å²) >= 11 is 0. The van der Waals surface area contributed by atoms with Crippen molar-refractivity contribution in [3.05, 3.63) is 59.4 Å². The van der Waals surface area contributed by atoms with Gasteiger partial charge >= 0.3 is 6.03 Å². The van der Waals surface area contributed by atoms with Crippen molar-refractivity contribution < 1.29 is 9.53 Å². The van der Waals surface area contributed by atoms with Crippen LogP contribution in [0.4, 0.5) is 4.79 Å². The van der Waals surface area contributed by atoms with Crippen LogP contribution in [0.3, 0.4) is 0 Å². The molecule has 2 rings (SSSR count). The summed E-state index contributed by atoms with van der Waals surface area (Å²) < 4.78 is 5.68. The van der Waals surface area contributed by atoms with Gasteiger partial charge in [0, 0.05) is 18.9 Å². The van der Waals surface area contributed by atoms with Gasteiger partial charge in [-0.05, 0) is 42.7 Å². The van der Waals surface area contributed by atoms with Crippen LogP contribution >= 0.6 is 0 Å². The van der Waals surface area contributed by atoms with E-state index in [1.807, 2.05) is 44.2 Å². The lowest BCUT2D eigenvalue weighted by molar-refractivity contribution is 0.236. The number of carbonyl (C=O) groups is 1. The minimum absolute atomic E-state index is 0.214. The van der Waals surface area contributed by atoms with E-state index in [-0.39, 0.29) is 6.03 Å². The van der Waals surface area contributed by atoms with Crippen molar-refractivity contribution in [2.24, 2.45) is 0 Å². The summed E-state index contributed by atoms with van der Waals surface area (Å²) in [4.78, 5) is 15.6. The number of hydrogen-bond donors (Lipinski definition) is 2. The Morgan fingerprint density at radius 2 is 2.05 bits per heavy atom. The Morgan fingerprint density at radius 1 is 1.18 bits per heavy atom. The molecule has 0 aliphatic heterocycles. The molecule has 0 saturated heterocycles. The molecule has 0 bridgehead atoms. The van der Waals surface area contributed by atoms with E-state index in [1.165, 1.54) is 5.56 Å². The van der Waals surface area contributed by atoms with E-state index in [0.717, 1.165) is 16.9 Å². The third kappa shape index (κ3) is 4.77. The Morgan fingerprint density at radius 3 is 2.82 bits per heavy atom. The first-order chi connectivity index (χ1) is 10.7. The SMILES string of the molecule is Cc1cccc(OCCNC(=O)NCc2cccnc2)c1C. The number of benzene rings is 1. The molecule has 0 spiro atoms. The first kappa shape index (κ1) is 15.8. The second-order valence-electron chi connectivity index (χ2n) is 5.02. The maximum absolute atomic E-state index is 11.7. The fourth-order valence-electron chi connectivity index (χ4n) is 1.95. The van der Waals surface area contributed by atoms with Crippen LogP contribution in [0.2, 0.25) is 0 Å². The van der Waals surface area contributed by atoms with Gasteiger partial charge in [-0.3, -0.25) is 4.98 Å². The molecular formula is C17H21N3O2. The minimum atomic E-state index is -0.214. The van der Waals surface area contributed by atoms with E-state index in [9.17, 15) is 4.79 Å². The lowest BCUT2D eigenvalue weighted by Crippen LogP contribution is -2.37. The number of aromatic nitrogens is 1. The number of nitrogens with zero attached hydrogens (tertiary/aromatic N) is 1. The molecule has 0 saturated carbocycles. The Kier molecular flexibility index (Phi) is 5.77. The number of carbonyl (C=O) groups excluding carboxylic acids is 1. The molecule has 0 radical (unpaired) electrons. The number of pyridine rings is 1. The van der Waals surface area contributed by atoms with Gasteiger partial charge in [0.2, 0.25) is 0 Å². The molecular weight excluding hydrogens is 278 g/mol. The summed E-state index contributed by atoms with van der Waals surface area (Å²) in [5.74, 6) is 0.859. The number of hydrogen-bond acceptors (Lipinski definition) is 3. The molecule has 5 nitrogen and oxygen atoms in total. The number of aryl methyl sites for hydroxylation is 1. The van der Waals surface area contributed by atoms with Crippen LogP contribution in [0.1, 0.15) is 16.7 Å². The largest absolute Gasteiger partial charge is 0.491 e. The van der Waals surface area contributed by atoms with Crippen LogP contribution in [0.25, 0.3) is 0 Å². The smallest absolute Gasteiger partial charge is 0.315 e. The van der Waals surface area contributed by atoms with Crippen molar-refractivity contribution in [3.63, 3.8) is 0 Å². The maximum Gasteiger partial charge on any atom is 0.315 e. The van der Waals surface area contributed by atoms with E-state index < -0.39 is 0 Å². The van der Waals surface area contributed by atoms with Crippen LogP contribution < -0.4 is 15.4 Å². The molecule has 0 atom stereocenters. The predicted octanol–water partition coefficient (Wildman–Crippen LogP) is 2.58. The molecule has 22 heavy (non-hydrogen) atoms. The first-order valence-electron chi connectivity index (χ1n) is 7.26. The van der Waals surface area contributed by atoms with E-state index in [1.54, 1.807) is 12.4 Å².